The van der Waals surface area contributed by atoms with Crippen LogP contribution in [0.5, 0.6) is 5.75 Å². The van der Waals surface area contributed by atoms with E-state index in [1.54, 1.807) is 0 Å². The number of halogens is 4. The van der Waals surface area contributed by atoms with E-state index < -0.39 is 47.7 Å². The predicted molar refractivity (Wildman–Crippen MR) is 84.4 cm³/mol. The maximum absolute atomic E-state index is 13.1. The third kappa shape index (κ3) is 5.20. The molecule has 0 bridgehead atoms. The van der Waals surface area contributed by atoms with Crippen LogP contribution in [0.1, 0.15) is 6.92 Å². The van der Waals surface area contributed by atoms with Crippen LogP contribution in [0.2, 0.25) is 0 Å². The average Bonchev–Trinajstić information content (AvgIpc) is 2.59. The van der Waals surface area contributed by atoms with Crippen LogP contribution in [0.4, 0.5) is 23.2 Å². The van der Waals surface area contributed by atoms with Gasteiger partial charge in [-0.05, 0) is 31.2 Å². The highest BCUT2D eigenvalue weighted by Crippen LogP contribution is 2.17. The molecule has 2 rings (SSSR count). The molecule has 5 nitrogen and oxygen atoms in total. The molecule has 0 aliphatic rings. The van der Waals surface area contributed by atoms with Crippen molar-refractivity contribution in [3.63, 3.8) is 0 Å². The highest BCUT2D eigenvalue weighted by molar-refractivity contribution is 5.95. The number of hydrogen-bond donors (Lipinski definition) is 2. The molecule has 0 saturated carbocycles. The van der Waals surface area contributed by atoms with Gasteiger partial charge in [0.25, 0.3) is 5.91 Å². The van der Waals surface area contributed by atoms with Gasteiger partial charge in [0.05, 0.1) is 6.54 Å². The molecular weight excluding hydrogens is 356 g/mol. The Labute approximate surface area is 146 Å². The summed E-state index contributed by atoms with van der Waals surface area (Å²) in [5.41, 5.74) is 0.0224. The van der Waals surface area contributed by atoms with E-state index in [0.717, 1.165) is 36.4 Å². The van der Waals surface area contributed by atoms with Gasteiger partial charge in [0.2, 0.25) is 5.91 Å². The molecule has 138 valence electrons. The Hall–Kier alpha value is -3.10. The van der Waals surface area contributed by atoms with E-state index in [0.29, 0.717) is 0 Å². The monoisotopic (exact) mass is 370 g/mol. The van der Waals surface area contributed by atoms with Crippen LogP contribution in [0.3, 0.4) is 0 Å². The molecule has 9 heteroatoms. The van der Waals surface area contributed by atoms with Gasteiger partial charge >= 0.3 is 0 Å². The van der Waals surface area contributed by atoms with Crippen molar-refractivity contribution in [1.29, 1.82) is 0 Å². The van der Waals surface area contributed by atoms with Crippen molar-refractivity contribution in [2.24, 2.45) is 0 Å². The Morgan fingerprint density at radius 3 is 2.19 bits per heavy atom. The lowest BCUT2D eigenvalue weighted by molar-refractivity contribution is -0.129. The first-order valence-corrected chi connectivity index (χ1v) is 7.40. The largest absolute Gasteiger partial charge is 0.481 e. The molecule has 0 fully saturated rings. The lowest BCUT2D eigenvalue weighted by atomic mass is 10.3. The zero-order valence-corrected chi connectivity index (χ0v) is 13.5. The Bertz CT molecular complexity index is 830. The smallest absolute Gasteiger partial charge is 0.261 e. The topological polar surface area (TPSA) is 67.4 Å². The molecular formula is C17H14F4N2O3. The van der Waals surface area contributed by atoms with Gasteiger partial charge in [-0.15, -0.1) is 0 Å². The standard InChI is InChI=1S/C17H14F4N2O3/c1-9(26-11-3-5-13(19)15(21)7-11)17(25)22-8-16(24)23-10-2-4-12(18)14(20)6-10/h2-7,9H,8H2,1H3,(H,22,25)(H,23,24). The molecule has 1 atom stereocenters. The van der Waals surface area contributed by atoms with Crippen LogP contribution < -0.4 is 15.4 Å². The summed E-state index contributed by atoms with van der Waals surface area (Å²) in [5, 5.41) is 4.54. The highest BCUT2D eigenvalue weighted by Gasteiger charge is 2.16. The summed E-state index contributed by atoms with van der Waals surface area (Å²) < 4.78 is 56.9. The van der Waals surface area contributed by atoms with Gasteiger partial charge in [-0.3, -0.25) is 9.59 Å². The third-order valence-electron chi connectivity index (χ3n) is 3.20. The van der Waals surface area contributed by atoms with Crippen LogP contribution in [0, 0.1) is 23.3 Å². The molecule has 2 aromatic rings. The summed E-state index contributed by atoms with van der Waals surface area (Å²) >= 11 is 0. The number of amides is 2. The van der Waals surface area contributed by atoms with Crippen LogP contribution >= 0.6 is 0 Å². The number of benzene rings is 2. The molecule has 26 heavy (non-hydrogen) atoms. The van der Waals surface area contributed by atoms with Crippen LogP contribution in [-0.4, -0.2) is 24.5 Å². The van der Waals surface area contributed by atoms with Crippen LogP contribution in [0.15, 0.2) is 36.4 Å². The molecule has 0 heterocycles. The molecule has 0 radical (unpaired) electrons. The summed E-state index contributed by atoms with van der Waals surface area (Å²) in [5.74, 6) is -5.78. The maximum atomic E-state index is 13.1. The molecule has 2 amide bonds. The second-order valence-corrected chi connectivity index (χ2v) is 5.23. The van der Waals surface area contributed by atoms with Crippen molar-refractivity contribution in [2.75, 3.05) is 11.9 Å². The molecule has 2 aromatic carbocycles. The first kappa shape index (κ1) is 19.2. The van der Waals surface area contributed by atoms with E-state index in [1.807, 2.05) is 0 Å². The van der Waals surface area contributed by atoms with E-state index in [2.05, 4.69) is 10.6 Å². The highest BCUT2D eigenvalue weighted by atomic mass is 19.2. The molecule has 0 saturated heterocycles. The zero-order valence-electron chi connectivity index (χ0n) is 13.5. The number of ether oxygens (including phenoxy) is 1. The second-order valence-electron chi connectivity index (χ2n) is 5.23. The normalized spacial score (nSPS) is 11.6. The van der Waals surface area contributed by atoms with Crippen LogP contribution in [-0.2, 0) is 9.59 Å². The van der Waals surface area contributed by atoms with Gasteiger partial charge in [-0.2, -0.15) is 0 Å². The number of rotatable bonds is 6. The van der Waals surface area contributed by atoms with Gasteiger partial charge in [0.1, 0.15) is 5.75 Å². The minimum Gasteiger partial charge on any atom is -0.481 e. The first-order chi connectivity index (χ1) is 12.3. The third-order valence-corrected chi connectivity index (χ3v) is 3.20. The predicted octanol–water partition coefficient (Wildman–Crippen LogP) is 2.77. The fourth-order valence-electron chi connectivity index (χ4n) is 1.90. The number of nitrogens with one attached hydrogen (secondary N) is 2. The van der Waals surface area contributed by atoms with E-state index in [1.165, 1.54) is 6.92 Å². The molecule has 1 unspecified atom stereocenters. The molecule has 0 aliphatic carbocycles. The summed E-state index contributed by atoms with van der Waals surface area (Å²) in [7, 11) is 0. The average molecular weight is 370 g/mol. The summed E-state index contributed by atoms with van der Waals surface area (Å²) in [6.07, 6.45) is -1.09. The lowest BCUT2D eigenvalue weighted by Gasteiger charge is -2.15. The van der Waals surface area contributed by atoms with Gasteiger partial charge < -0.3 is 15.4 Å². The molecule has 2 N–H and O–H groups in total. The van der Waals surface area contributed by atoms with Gasteiger partial charge in [0.15, 0.2) is 29.4 Å². The SMILES string of the molecule is CC(Oc1ccc(F)c(F)c1)C(=O)NCC(=O)Nc1ccc(F)c(F)c1. The number of anilines is 1. The van der Waals surface area contributed by atoms with Crippen molar-refractivity contribution < 1.29 is 31.9 Å². The number of carbonyl (C=O) groups is 2. The first-order valence-electron chi connectivity index (χ1n) is 7.40. The summed E-state index contributed by atoms with van der Waals surface area (Å²) in [4.78, 5) is 23.6. The fourth-order valence-corrected chi connectivity index (χ4v) is 1.90. The quantitative estimate of drug-likeness (QED) is 0.769. The minimum atomic E-state index is -1.12. The van der Waals surface area contributed by atoms with Gasteiger partial charge in [-0.25, -0.2) is 17.6 Å². The Morgan fingerprint density at radius 2 is 1.58 bits per heavy atom. The van der Waals surface area contributed by atoms with Gasteiger partial charge in [0, 0.05) is 17.8 Å². The zero-order chi connectivity index (χ0) is 19.3. The van der Waals surface area contributed by atoms with E-state index in [4.69, 9.17) is 4.74 Å². The molecule has 0 aliphatic heterocycles. The van der Waals surface area contributed by atoms with Crippen molar-refractivity contribution in [3.8, 4) is 5.75 Å². The summed E-state index contributed by atoms with van der Waals surface area (Å²) in [6.45, 7) is 0.896. The van der Waals surface area contributed by atoms with Crippen molar-refractivity contribution in [2.45, 2.75) is 13.0 Å². The maximum Gasteiger partial charge on any atom is 0.261 e. The van der Waals surface area contributed by atoms with Crippen LogP contribution in [0.25, 0.3) is 0 Å². The second kappa shape index (κ2) is 8.32. The summed E-state index contributed by atoms with van der Waals surface area (Å²) in [6, 6.07) is 5.59. The van der Waals surface area contributed by atoms with Crippen molar-refractivity contribution in [1.82, 2.24) is 5.32 Å². The Morgan fingerprint density at radius 1 is 0.962 bits per heavy atom. The van der Waals surface area contributed by atoms with E-state index >= 15 is 0 Å². The Kier molecular flexibility index (Phi) is 6.16. The molecule has 0 spiro atoms. The van der Waals surface area contributed by atoms with E-state index in [-0.39, 0.29) is 11.4 Å². The minimum absolute atomic E-state index is 0.0224. The van der Waals surface area contributed by atoms with Crippen molar-refractivity contribution in [3.05, 3.63) is 59.7 Å². The number of carbonyl (C=O) groups excluding carboxylic acids is 2. The van der Waals surface area contributed by atoms with E-state index in [9.17, 15) is 27.2 Å². The van der Waals surface area contributed by atoms with Crippen molar-refractivity contribution >= 4 is 17.5 Å². The van der Waals surface area contributed by atoms with Gasteiger partial charge in [-0.1, -0.05) is 0 Å². The number of hydrogen-bond acceptors (Lipinski definition) is 3. The fraction of sp³-hybridized carbons (Fsp3) is 0.176. The lowest BCUT2D eigenvalue weighted by Crippen LogP contribution is -2.40. The molecule has 0 aromatic heterocycles. The Balaban J connectivity index is 1.83.